The van der Waals surface area contributed by atoms with E-state index in [0.717, 1.165) is 24.4 Å². The van der Waals surface area contributed by atoms with Crippen molar-refractivity contribution < 1.29 is 4.92 Å². The van der Waals surface area contributed by atoms with Crippen molar-refractivity contribution in [2.45, 2.75) is 19.8 Å². The van der Waals surface area contributed by atoms with Crippen LogP contribution in [0.2, 0.25) is 0 Å². The van der Waals surface area contributed by atoms with Crippen LogP contribution in [0.1, 0.15) is 19.2 Å². The summed E-state index contributed by atoms with van der Waals surface area (Å²) in [5, 5.41) is 10.7. The van der Waals surface area contributed by atoms with Gasteiger partial charge >= 0.3 is 0 Å². The first-order valence-corrected chi connectivity index (χ1v) is 5.70. The molecule has 0 saturated heterocycles. The standard InChI is InChI=1S/C12H14N4O2/c1-2-3-12-14-6-7-15(12)9-4-5-11(16(17)18)10(13)8-9/h4-8H,2-3,13H2,1H3. The number of aromatic nitrogens is 2. The van der Waals surface area contributed by atoms with E-state index in [0.29, 0.717) is 0 Å². The van der Waals surface area contributed by atoms with Crippen LogP contribution >= 0.6 is 0 Å². The molecule has 0 spiro atoms. The summed E-state index contributed by atoms with van der Waals surface area (Å²) >= 11 is 0. The molecule has 6 heteroatoms. The van der Waals surface area contributed by atoms with E-state index in [-0.39, 0.29) is 11.4 Å². The summed E-state index contributed by atoms with van der Waals surface area (Å²) in [7, 11) is 0. The molecule has 0 aliphatic carbocycles. The predicted octanol–water partition coefficient (Wildman–Crippen LogP) is 2.32. The Morgan fingerprint density at radius 3 is 2.89 bits per heavy atom. The van der Waals surface area contributed by atoms with E-state index in [4.69, 9.17) is 5.73 Å². The van der Waals surface area contributed by atoms with Gasteiger partial charge in [0.2, 0.25) is 0 Å². The van der Waals surface area contributed by atoms with Gasteiger partial charge in [-0.05, 0) is 18.6 Å². The third-order valence-electron chi connectivity index (χ3n) is 2.68. The molecule has 0 fully saturated rings. The van der Waals surface area contributed by atoms with E-state index in [2.05, 4.69) is 11.9 Å². The summed E-state index contributed by atoms with van der Waals surface area (Å²) in [5.41, 5.74) is 6.56. The minimum Gasteiger partial charge on any atom is -0.393 e. The number of hydrogen-bond donors (Lipinski definition) is 1. The second kappa shape index (κ2) is 4.87. The van der Waals surface area contributed by atoms with Gasteiger partial charge in [-0.1, -0.05) is 6.92 Å². The summed E-state index contributed by atoms with van der Waals surface area (Å²) in [5.74, 6) is 0.922. The molecule has 1 aromatic heterocycles. The zero-order chi connectivity index (χ0) is 13.1. The number of aryl methyl sites for hydroxylation is 1. The fraction of sp³-hybridized carbons (Fsp3) is 0.250. The quantitative estimate of drug-likeness (QED) is 0.509. The monoisotopic (exact) mass is 246 g/mol. The SMILES string of the molecule is CCCc1nccn1-c1ccc([N+](=O)[O-])c(N)c1. The zero-order valence-electron chi connectivity index (χ0n) is 10.0. The molecule has 0 bridgehead atoms. The molecule has 2 N–H and O–H groups in total. The molecule has 0 unspecified atom stereocenters. The van der Waals surface area contributed by atoms with Crippen LogP contribution in [-0.2, 0) is 6.42 Å². The molecule has 94 valence electrons. The molecule has 2 aromatic rings. The number of hydrogen-bond acceptors (Lipinski definition) is 4. The summed E-state index contributed by atoms with van der Waals surface area (Å²) < 4.78 is 1.89. The molecule has 0 saturated carbocycles. The van der Waals surface area contributed by atoms with Crippen molar-refractivity contribution in [2.75, 3.05) is 5.73 Å². The average Bonchev–Trinajstić information content (AvgIpc) is 2.77. The van der Waals surface area contributed by atoms with Gasteiger partial charge in [0, 0.05) is 30.6 Å². The third kappa shape index (κ3) is 2.17. The zero-order valence-corrected chi connectivity index (χ0v) is 10.0. The van der Waals surface area contributed by atoms with Gasteiger partial charge in [-0.3, -0.25) is 10.1 Å². The van der Waals surface area contributed by atoms with Crippen molar-refractivity contribution in [3.8, 4) is 5.69 Å². The van der Waals surface area contributed by atoms with Gasteiger partial charge in [0.1, 0.15) is 11.5 Å². The Kier molecular flexibility index (Phi) is 3.27. The highest BCUT2D eigenvalue weighted by molar-refractivity contribution is 5.62. The van der Waals surface area contributed by atoms with Crippen molar-refractivity contribution in [1.82, 2.24) is 9.55 Å². The minimum absolute atomic E-state index is 0.0732. The molecule has 0 atom stereocenters. The van der Waals surface area contributed by atoms with Gasteiger partial charge in [0.15, 0.2) is 0 Å². The average molecular weight is 246 g/mol. The van der Waals surface area contributed by atoms with E-state index in [1.54, 1.807) is 18.3 Å². The van der Waals surface area contributed by atoms with Gasteiger partial charge in [0.05, 0.1) is 4.92 Å². The summed E-state index contributed by atoms with van der Waals surface area (Å²) in [4.78, 5) is 14.5. The molecule has 18 heavy (non-hydrogen) atoms. The molecule has 0 aliphatic rings. The van der Waals surface area contributed by atoms with Crippen LogP contribution in [0.15, 0.2) is 30.6 Å². The molecule has 1 aromatic carbocycles. The first-order chi connectivity index (χ1) is 8.63. The first kappa shape index (κ1) is 12.1. The smallest absolute Gasteiger partial charge is 0.292 e. The number of rotatable bonds is 4. The van der Waals surface area contributed by atoms with Gasteiger partial charge in [-0.2, -0.15) is 0 Å². The van der Waals surface area contributed by atoms with Crippen molar-refractivity contribution in [3.05, 3.63) is 46.5 Å². The fourth-order valence-corrected chi connectivity index (χ4v) is 1.84. The minimum atomic E-state index is -0.486. The lowest BCUT2D eigenvalue weighted by Gasteiger charge is -2.08. The van der Waals surface area contributed by atoms with Gasteiger partial charge in [-0.25, -0.2) is 4.98 Å². The number of imidazole rings is 1. The normalized spacial score (nSPS) is 10.5. The van der Waals surface area contributed by atoms with Crippen LogP contribution in [-0.4, -0.2) is 14.5 Å². The second-order valence-corrected chi connectivity index (χ2v) is 3.96. The lowest BCUT2D eigenvalue weighted by atomic mass is 10.2. The van der Waals surface area contributed by atoms with Gasteiger partial charge in [-0.15, -0.1) is 0 Å². The molecule has 0 amide bonds. The fourth-order valence-electron chi connectivity index (χ4n) is 1.84. The maximum absolute atomic E-state index is 10.7. The number of nitro benzene ring substituents is 1. The number of nitro groups is 1. The molecule has 0 aliphatic heterocycles. The number of benzene rings is 1. The van der Waals surface area contributed by atoms with Crippen molar-refractivity contribution in [3.63, 3.8) is 0 Å². The molecule has 6 nitrogen and oxygen atoms in total. The second-order valence-electron chi connectivity index (χ2n) is 3.96. The van der Waals surface area contributed by atoms with Gasteiger partial charge in [0.25, 0.3) is 5.69 Å². The number of nitrogen functional groups attached to an aromatic ring is 1. The van der Waals surface area contributed by atoms with E-state index in [9.17, 15) is 10.1 Å². The van der Waals surface area contributed by atoms with Crippen LogP contribution in [0.5, 0.6) is 0 Å². The Hall–Kier alpha value is -2.37. The van der Waals surface area contributed by atoms with E-state index < -0.39 is 4.92 Å². The van der Waals surface area contributed by atoms with Crippen LogP contribution in [0.4, 0.5) is 11.4 Å². The predicted molar refractivity (Wildman–Crippen MR) is 68.6 cm³/mol. The highest BCUT2D eigenvalue weighted by atomic mass is 16.6. The molecule has 0 radical (unpaired) electrons. The summed E-state index contributed by atoms with van der Waals surface area (Å²) in [6.45, 7) is 2.07. The molecular weight excluding hydrogens is 232 g/mol. The van der Waals surface area contributed by atoms with E-state index in [1.807, 2.05) is 10.8 Å². The summed E-state index contributed by atoms with van der Waals surface area (Å²) in [6, 6.07) is 4.69. The van der Waals surface area contributed by atoms with Crippen LogP contribution in [0.25, 0.3) is 5.69 Å². The Bertz CT molecular complexity index is 577. The topological polar surface area (TPSA) is 87.0 Å². The third-order valence-corrected chi connectivity index (χ3v) is 2.68. The Labute approximate surface area is 104 Å². The number of anilines is 1. The largest absolute Gasteiger partial charge is 0.393 e. The van der Waals surface area contributed by atoms with E-state index in [1.165, 1.54) is 6.07 Å². The van der Waals surface area contributed by atoms with Crippen molar-refractivity contribution in [2.24, 2.45) is 0 Å². The highest BCUT2D eigenvalue weighted by Gasteiger charge is 2.12. The Balaban J connectivity index is 2.42. The lowest BCUT2D eigenvalue weighted by molar-refractivity contribution is -0.383. The number of nitrogens with two attached hydrogens (primary N) is 1. The molecular formula is C12H14N4O2. The maximum atomic E-state index is 10.7. The Morgan fingerprint density at radius 1 is 1.50 bits per heavy atom. The van der Waals surface area contributed by atoms with Gasteiger partial charge < -0.3 is 10.3 Å². The van der Waals surface area contributed by atoms with Crippen LogP contribution in [0, 0.1) is 10.1 Å². The van der Waals surface area contributed by atoms with Crippen molar-refractivity contribution >= 4 is 11.4 Å². The van der Waals surface area contributed by atoms with Crippen LogP contribution in [0.3, 0.4) is 0 Å². The van der Waals surface area contributed by atoms with Crippen molar-refractivity contribution in [1.29, 1.82) is 0 Å². The molecule has 1 heterocycles. The number of nitrogens with zero attached hydrogens (tertiary/aromatic N) is 3. The first-order valence-electron chi connectivity index (χ1n) is 5.70. The highest BCUT2D eigenvalue weighted by Crippen LogP contribution is 2.24. The summed E-state index contributed by atoms with van der Waals surface area (Å²) in [6.07, 6.45) is 5.37. The van der Waals surface area contributed by atoms with E-state index >= 15 is 0 Å². The lowest BCUT2D eigenvalue weighted by Crippen LogP contribution is -2.02. The Morgan fingerprint density at radius 2 is 2.28 bits per heavy atom. The molecule has 2 rings (SSSR count). The maximum Gasteiger partial charge on any atom is 0.292 e. The van der Waals surface area contributed by atoms with Crippen LogP contribution < -0.4 is 5.73 Å².